The molecule has 2 heterocycles. The third kappa shape index (κ3) is 2.99. The van der Waals surface area contributed by atoms with Gasteiger partial charge in [0, 0.05) is 32.1 Å². The number of amides is 1. The highest BCUT2D eigenvalue weighted by Crippen LogP contribution is 2.49. The lowest BCUT2D eigenvalue weighted by Crippen LogP contribution is -2.45. The average Bonchev–Trinajstić information content (AvgIpc) is 3.24. The Morgan fingerprint density at radius 2 is 2.04 bits per heavy atom. The summed E-state index contributed by atoms with van der Waals surface area (Å²) in [6.07, 6.45) is 7.69. The lowest BCUT2D eigenvalue weighted by molar-refractivity contribution is -0.0707. The number of hydrogen-bond acceptors (Lipinski definition) is 2. The number of likely N-dealkylation sites (tertiary alicyclic amines) is 1. The Bertz CT molecular complexity index is 760. The van der Waals surface area contributed by atoms with Crippen molar-refractivity contribution < 1.29 is 9.53 Å². The first-order chi connectivity index (χ1) is 12.1. The van der Waals surface area contributed by atoms with E-state index in [4.69, 9.17) is 4.74 Å². The number of aryl methyl sites for hydroxylation is 1. The molecule has 1 aromatic carbocycles. The molecule has 4 nitrogen and oxygen atoms in total. The van der Waals surface area contributed by atoms with Crippen LogP contribution in [0.1, 0.15) is 42.1 Å². The van der Waals surface area contributed by atoms with E-state index >= 15 is 0 Å². The van der Waals surface area contributed by atoms with Gasteiger partial charge in [0.05, 0.1) is 17.4 Å². The largest absolute Gasteiger partial charge is 0.378 e. The van der Waals surface area contributed by atoms with Gasteiger partial charge in [0.15, 0.2) is 0 Å². The van der Waals surface area contributed by atoms with Crippen molar-refractivity contribution in [2.45, 2.75) is 39.2 Å². The van der Waals surface area contributed by atoms with Crippen LogP contribution in [0.2, 0.25) is 0 Å². The molecule has 0 unspecified atom stereocenters. The third-order valence-corrected chi connectivity index (χ3v) is 5.71. The molecule has 1 saturated heterocycles. The molecule has 0 atom stereocenters. The number of nitrogens with zero attached hydrogens (tertiary/aromatic N) is 2. The summed E-state index contributed by atoms with van der Waals surface area (Å²) in [4.78, 5) is 15.3. The van der Waals surface area contributed by atoms with Crippen molar-refractivity contribution in [3.05, 3.63) is 53.9 Å². The number of ether oxygens (including phenoxy) is 1. The van der Waals surface area contributed by atoms with Gasteiger partial charge in [-0.2, -0.15) is 0 Å². The first-order valence-corrected chi connectivity index (χ1v) is 9.25. The molecule has 1 aliphatic heterocycles. The van der Waals surface area contributed by atoms with Crippen molar-refractivity contribution in [2.24, 2.45) is 5.41 Å². The molecule has 0 N–H and O–H groups in total. The van der Waals surface area contributed by atoms with Crippen LogP contribution in [0.25, 0.3) is 5.69 Å². The molecular formula is C21H26N2O2. The van der Waals surface area contributed by atoms with Crippen LogP contribution < -0.4 is 0 Å². The summed E-state index contributed by atoms with van der Waals surface area (Å²) in [6, 6.07) is 10.1. The Hall–Kier alpha value is -2.07. The van der Waals surface area contributed by atoms with Crippen molar-refractivity contribution in [3.63, 3.8) is 0 Å². The molecule has 2 aromatic rings. The standard InChI is InChI=1S/C21H26N2O2/c1-3-25-17-13-21(14-17)8-11-23(15-21)20(24)18-12-16(2)6-7-19(18)22-9-4-5-10-22/h4-7,9-10,12,17H,3,8,11,13-15H2,1-2H3. The van der Waals surface area contributed by atoms with Gasteiger partial charge in [-0.25, -0.2) is 0 Å². The van der Waals surface area contributed by atoms with Gasteiger partial charge in [-0.3, -0.25) is 4.79 Å². The zero-order valence-corrected chi connectivity index (χ0v) is 15.1. The highest BCUT2D eigenvalue weighted by molar-refractivity contribution is 5.98. The topological polar surface area (TPSA) is 34.5 Å². The molecule has 1 aromatic heterocycles. The fraction of sp³-hybridized carbons (Fsp3) is 0.476. The van der Waals surface area contributed by atoms with E-state index in [9.17, 15) is 4.79 Å². The second-order valence-electron chi connectivity index (χ2n) is 7.57. The minimum atomic E-state index is 0.157. The summed E-state index contributed by atoms with van der Waals surface area (Å²) >= 11 is 0. The summed E-state index contributed by atoms with van der Waals surface area (Å²) < 4.78 is 7.74. The number of hydrogen-bond donors (Lipinski definition) is 0. The maximum Gasteiger partial charge on any atom is 0.256 e. The van der Waals surface area contributed by atoms with Crippen molar-refractivity contribution in [1.29, 1.82) is 0 Å². The Morgan fingerprint density at radius 3 is 2.76 bits per heavy atom. The van der Waals surface area contributed by atoms with E-state index in [1.165, 1.54) is 0 Å². The normalized spacial score (nSPS) is 25.4. The van der Waals surface area contributed by atoms with Crippen LogP contribution in [0, 0.1) is 12.3 Å². The van der Waals surface area contributed by atoms with E-state index in [0.29, 0.717) is 11.5 Å². The first-order valence-electron chi connectivity index (χ1n) is 9.25. The molecule has 1 amide bonds. The Labute approximate surface area is 149 Å². The van der Waals surface area contributed by atoms with Gasteiger partial charge in [-0.15, -0.1) is 0 Å². The second-order valence-corrected chi connectivity index (χ2v) is 7.57. The highest BCUT2D eigenvalue weighted by atomic mass is 16.5. The molecule has 2 aliphatic rings. The molecule has 4 heteroatoms. The molecule has 4 rings (SSSR count). The second kappa shape index (κ2) is 6.34. The quantitative estimate of drug-likeness (QED) is 0.849. The Kier molecular flexibility index (Phi) is 4.16. The van der Waals surface area contributed by atoms with Crippen LogP contribution in [0.5, 0.6) is 0 Å². The Morgan fingerprint density at radius 1 is 1.28 bits per heavy atom. The van der Waals surface area contributed by atoms with E-state index in [0.717, 1.165) is 55.8 Å². The fourth-order valence-electron chi connectivity index (χ4n) is 4.41. The van der Waals surface area contributed by atoms with Gasteiger partial charge in [-0.1, -0.05) is 11.6 Å². The molecule has 132 valence electrons. The SMILES string of the molecule is CCOC1CC2(CCN(C(=O)c3cc(C)ccc3-n3cccc3)C2)C1. The summed E-state index contributed by atoms with van der Waals surface area (Å²) in [5.41, 5.74) is 3.18. The molecule has 0 bridgehead atoms. The van der Waals surface area contributed by atoms with Crippen LogP contribution in [-0.2, 0) is 4.74 Å². The summed E-state index contributed by atoms with van der Waals surface area (Å²) in [6.45, 7) is 6.61. The average molecular weight is 338 g/mol. The molecule has 25 heavy (non-hydrogen) atoms. The number of aromatic nitrogens is 1. The van der Waals surface area contributed by atoms with Crippen molar-refractivity contribution in [1.82, 2.24) is 9.47 Å². The number of carbonyl (C=O) groups is 1. The van der Waals surface area contributed by atoms with Crippen LogP contribution in [0.3, 0.4) is 0 Å². The molecule has 1 spiro atoms. The monoisotopic (exact) mass is 338 g/mol. The minimum Gasteiger partial charge on any atom is -0.378 e. The van der Waals surface area contributed by atoms with E-state index in [-0.39, 0.29) is 5.91 Å². The molecule has 0 radical (unpaired) electrons. The van der Waals surface area contributed by atoms with Gasteiger partial charge in [0.1, 0.15) is 0 Å². The van der Waals surface area contributed by atoms with E-state index < -0.39 is 0 Å². The van der Waals surface area contributed by atoms with Crippen LogP contribution in [0.4, 0.5) is 0 Å². The van der Waals surface area contributed by atoms with Crippen molar-refractivity contribution >= 4 is 5.91 Å². The minimum absolute atomic E-state index is 0.157. The lowest BCUT2D eigenvalue weighted by atomic mass is 9.66. The maximum absolute atomic E-state index is 13.2. The van der Waals surface area contributed by atoms with E-state index in [1.54, 1.807) is 0 Å². The predicted octanol–water partition coefficient (Wildman–Crippen LogP) is 3.82. The van der Waals surface area contributed by atoms with Crippen molar-refractivity contribution in [3.8, 4) is 5.69 Å². The smallest absolute Gasteiger partial charge is 0.256 e. The van der Waals surface area contributed by atoms with E-state index in [2.05, 4.69) is 13.0 Å². The number of rotatable bonds is 4. The van der Waals surface area contributed by atoms with Gasteiger partial charge in [-0.05, 0) is 62.8 Å². The zero-order valence-electron chi connectivity index (χ0n) is 15.1. The van der Waals surface area contributed by atoms with Crippen LogP contribution >= 0.6 is 0 Å². The molecule has 1 aliphatic carbocycles. The summed E-state index contributed by atoms with van der Waals surface area (Å²) in [5.74, 6) is 0.157. The third-order valence-electron chi connectivity index (χ3n) is 5.71. The zero-order chi connectivity index (χ0) is 17.4. The van der Waals surface area contributed by atoms with Crippen molar-refractivity contribution in [2.75, 3.05) is 19.7 Å². The number of carbonyl (C=O) groups excluding carboxylic acids is 1. The van der Waals surface area contributed by atoms with Gasteiger partial charge < -0.3 is 14.2 Å². The van der Waals surface area contributed by atoms with Gasteiger partial charge in [0.2, 0.25) is 0 Å². The first kappa shape index (κ1) is 16.4. The Balaban J connectivity index is 1.54. The van der Waals surface area contributed by atoms with Crippen LogP contribution in [0.15, 0.2) is 42.7 Å². The van der Waals surface area contributed by atoms with Gasteiger partial charge in [0.25, 0.3) is 5.91 Å². The van der Waals surface area contributed by atoms with Gasteiger partial charge >= 0.3 is 0 Å². The lowest BCUT2D eigenvalue weighted by Gasteiger charge is -2.44. The maximum atomic E-state index is 13.2. The highest BCUT2D eigenvalue weighted by Gasteiger charge is 2.50. The number of benzene rings is 1. The van der Waals surface area contributed by atoms with Crippen LogP contribution in [-0.4, -0.2) is 41.2 Å². The molecular weight excluding hydrogens is 312 g/mol. The summed E-state index contributed by atoms with van der Waals surface area (Å²) in [5, 5.41) is 0. The predicted molar refractivity (Wildman–Crippen MR) is 98.1 cm³/mol. The van der Waals surface area contributed by atoms with E-state index in [1.807, 2.05) is 53.0 Å². The summed E-state index contributed by atoms with van der Waals surface area (Å²) in [7, 11) is 0. The molecule has 1 saturated carbocycles. The molecule has 2 fully saturated rings. The fourth-order valence-corrected chi connectivity index (χ4v) is 4.41.